The Kier molecular flexibility index (Phi) is 4.59. The molecule has 0 atom stereocenters. The number of halogens is 1. The first-order valence-corrected chi connectivity index (χ1v) is 11.1. The predicted octanol–water partition coefficient (Wildman–Crippen LogP) is 7.39. The van der Waals surface area contributed by atoms with Crippen molar-refractivity contribution in [3.63, 3.8) is 0 Å². The minimum atomic E-state index is -0.194. The molecule has 29 heavy (non-hydrogen) atoms. The van der Waals surface area contributed by atoms with Crippen LogP contribution in [0.3, 0.4) is 0 Å². The lowest BCUT2D eigenvalue weighted by Crippen LogP contribution is -2.11. The van der Waals surface area contributed by atoms with Gasteiger partial charge in [-0.05, 0) is 36.8 Å². The molecule has 0 aliphatic rings. The number of nitrogens with one attached hydrogen (secondary N) is 1. The first-order chi connectivity index (χ1) is 14.1. The number of thiazole rings is 1. The highest BCUT2D eigenvalue weighted by Crippen LogP contribution is 2.36. The summed E-state index contributed by atoms with van der Waals surface area (Å²) in [7, 11) is 0. The summed E-state index contributed by atoms with van der Waals surface area (Å²) < 4.78 is 2.15. The van der Waals surface area contributed by atoms with Crippen molar-refractivity contribution in [1.29, 1.82) is 0 Å². The molecule has 5 rings (SSSR count). The molecule has 0 fully saturated rings. The lowest BCUT2D eigenvalue weighted by Gasteiger charge is -2.09. The molecule has 0 aliphatic heterocycles. The van der Waals surface area contributed by atoms with Crippen LogP contribution in [0.4, 0.5) is 5.69 Å². The van der Waals surface area contributed by atoms with Crippen molar-refractivity contribution >= 4 is 66.2 Å². The number of carbonyl (C=O) groups excluding carboxylic acids is 1. The molecule has 2 heterocycles. The minimum Gasteiger partial charge on any atom is -0.321 e. The quantitative estimate of drug-likeness (QED) is 0.321. The average Bonchev–Trinajstić information content (AvgIpc) is 3.31. The van der Waals surface area contributed by atoms with Crippen molar-refractivity contribution in [1.82, 2.24) is 4.98 Å². The zero-order valence-corrected chi connectivity index (χ0v) is 17.8. The topological polar surface area (TPSA) is 42.0 Å². The van der Waals surface area contributed by atoms with Crippen LogP contribution < -0.4 is 5.32 Å². The van der Waals surface area contributed by atoms with Gasteiger partial charge in [-0.3, -0.25) is 4.79 Å². The SMILES string of the molecule is Cc1ccc(-c2nc3ccccc3s2)cc1NC(=O)c1sc2ccccc2c1Cl. The van der Waals surface area contributed by atoms with Crippen LogP contribution in [0.25, 0.3) is 30.9 Å². The number of rotatable bonds is 3. The van der Waals surface area contributed by atoms with Crippen molar-refractivity contribution in [2.75, 3.05) is 5.32 Å². The third-order valence-corrected chi connectivity index (χ3v) is 7.53. The second kappa shape index (κ2) is 7.26. The van der Waals surface area contributed by atoms with Crippen LogP contribution in [0.5, 0.6) is 0 Å². The Hall–Kier alpha value is -2.73. The maximum Gasteiger partial charge on any atom is 0.267 e. The summed E-state index contributed by atoms with van der Waals surface area (Å²) in [5, 5.41) is 5.38. The number of hydrogen-bond donors (Lipinski definition) is 1. The monoisotopic (exact) mass is 434 g/mol. The van der Waals surface area contributed by atoms with E-state index >= 15 is 0 Å². The van der Waals surface area contributed by atoms with E-state index in [1.54, 1.807) is 11.3 Å². The Morgan fingerprint density at radius 3 is 2.52 bits per heavy atom. The summed E-state index contributed by atoms with van der Waals surface area (Å²) in [6.07, 6.45) is 0. The molecule has 0 aliphatic carbocycles. The molecule has 142 valence electrons. The van der Waals surface area contributed by atoms with E-state index in [-0.39, 0.29) is 5.91 Å². The van der Waals surface area contributed by atoms with E-state index in [2.05, 4.69) is 11.4 Å². The Labute approximate surface area is 180 Å². The van der Waals surface area contributed by atoms with Crippen LogP contribution in [0.2, 0.25) is 5.02 Å². The number of aromatic nitrogens is 1. The number of thiophene rings is 1. The molecule has 5 aromatic rings. The average molecular weight is 435 g/mol. The van der Waals surface area contributed by atoms with Crippen LogP contribution in [0, 0.1) is 6.92 Å². The lowest BCUT2D eigenvalue weighted by atomic mass is 10.1. The van der Waals surface area contributed by atoms with E-state index in [0.29, 0.717) is 9.90 Å². The molecule has 1 N–H and O–H groups in total. The number of nitrogens with zero attached hydrogens (tertiary/aromatic N) is 1. The molecular weight excluding hydrogens is 420 g/mol. The van der Waals surface area contributed by atoms with Gasteiger partial charge in [-0.25, -0.2) is 4.98 Å². The molecule has 0 radical (unpaired) electrons. The first-order valence-electron chi connectivity index (χ1n) is 9.05. The van der Waals surface area contributed by atoms with E-state index in [1.165, 1.54) is 11.3 Å². The second-order valence-electron chi connectivity index (χ2n) is 6.71. The standard InChI is InChI=1S/C23H15ClN2OS2/c1-13-10-11-14(23-26-16-7-3-5-9-19(16)29-23)12-17(13)25-22(27)21-20(24)15-6-2-4-8-18(15)28-21/h2-12H,1H3,(H,25,27). The van der Waals surface area contributed by atoms with Gasteiger partial charge in [-0.1, -0.05) is 54.1 Å². The fraction of sp³-hybridized carbons (Fsp3) is 0.0435. The molecule has 3 aromatic carbocycles. The van der Waals surface area contributed by atoms with Gasteiger partial charge in [0, 0.05) is 21.3 Å². The smallest absolute Gasteiger partial charge is 0.267 e. The zero-order chi connectivity index (χ0) is 20.0. The molecule has 0 spiro atoms. The van der Waals surface area contributed by atoms with Gasteiger partial charge in [-0.15, -0.1) is 22.7 Å². The number of amides is 1. The number of aryl methyl sites for hydroxylation is 1. The van der Waals surface area contributed by atoms with E-state index in [0.717, 1.165) is 42.1 Å². The van der Waals surface area contributed by atoms with Crippen molar-refractivity contribution in [2.24, 2.45) is 0 Å². The maximum absolute atomic E-state index is 12.9. The highest BCUT2D eigenvalue weighted by molar-refractivity contribution is 7.22. The van der Waals surface area contributed by atoms with Gasteiger partial charge in [0.15, 0.2) is 0 Å². The number of anilines is 1. The summed E-state index contributed by atoms with van der Waals surface area (Å²) in [6, 6.07) is 21.9. The van der Waals surface area contributed by atoms with Gasteiger partial charge in [0.1, 0.15) is 9.88 Å². The molecule has 3 nitrogen and oxygen atoms in total. The molecule has 0 saturated heterocycles. The molecular formula is C23H15ClN2OS2. The lowest BCUT2D eigenvalue weighted by molar-refractivity contribution is 0.103. The maximum atomic E-state index is 12.9. The number of benzene rings is 3. The molecule has 2 aromatic heterocycles. The second-order valence-corrected chi connectivity index (χ2v) is 9.17. The van der Waals surface area contributed by atoms with Gasteiger partial charge in [0.2, 0.25) is 0 Å². The Morgan fingerprint density at radius 1 is 0.966 bits per heavy atom. The number of hydrogen-bond acceptors (Lipinski definition) is 4. The van der Waals surface area contributed by atoms with Gasteiger partial charge in [0.05, 0.1) is 15.2 Å². The fourth-order valence-corrected chi connectivity index (χ4v) is 5.60. The Balaban J connectivity index is 1.50. The molecule has 0 unspecified atom stereocenters. The minimum absolute atomic E-state index is 0.194. The van der Waals surface area contributed by atoms with Gasteiger partial charge in [0.25, 0.3) is 5.91 Å². The molecule has 0 bridgehead atoms. The van der Waals surface area contributed by atoms with Gasteiger partial charge >= 0.3 is 0 Å². The first kappa shape index (κ1) is 18.3. The zero-order valence-electron chi connectivity index (χ0n) is 15.4. The van der Waals surface area contributed by atoms with E-state index < -0.39 is 0 Å². The summed E-state index contributed by atoms with van der Waals surface area (Å²) in [5.74, 6) is -0.194. The van der Waals surface area contributed by atoms with Crippen LogP contribution in [-0.2, 0) is 0 Å². The fourth-order valence-electron chi connectivity index (χ4n) is 3.22. The molecule has 6 heteroatoms. The molecule has 1 amide bonds. The molecule has 0 saturated carbocycles. The van der Waals surface area contributed by atoms with E-state index in [9.17, 15) is 4.79 Å². The summed E-state index contributed by atoms with van der Waals surface area (Å²) in [4.78, 5) is 18.2. The van der Waals surface area contributed by atoms with Crippen molar-refractivity contribution in [3.05, 3.63) is 82.2 Å². The normalized spacial score (nSPS) is 11.2. The Morgan fingerprint density at radius 2 is 1.72 bits per heavy atom. The van der Waals surface area contributed by atoms with Crippen LogP contribution in [-0.4, -0.2) is 10.9 Å². The van der Waals surface area contributed by atoms with Crippen molar-refractivity contribution in [3.8, 4) is 10.6 Å². The Bertz CT molecular complexity index is 1350. The van der Waals surface area contributed by atoms with Crippen LogP contribution in [0.15, 0.2) is 66.7 Å². The van der Waals surface area contributed by atoms with E-state index in [4.69, 9.17) is 16.6 Å². The number of carbonyl (C=O) groups is 1. The number of para-hydroxylation sites is 1. The van der Waals surface area contributed by atoms with E-state index in [1.807, 2.05) is 67.6 Å². The van der Waals surface area contributed by atoms with Crippen molar-refractivity contribution in [2.45, 2.75) is 6.92 Å². The largest absolute Gasteiger partial charge is 0.321 e. The summed E-state index contributed by atoms with van der Waals surface area (Å²) >= 11 is 9.52. The van der Waals surface area contributed by atoms with Crippen molar-refractivity contribution < 1.29 is 4.79 Å². The van der Waals surface area contributed by atoms with Gasteiger partial charge < -0.3 is 5.32 Å². The third kappa shape index (κ3) is 3.31. The highest BCUT2D eigenvalue weighted by Gasteiger charge is 2.18. The third-order valence-electron chi connectivity index (χ3n) is 4.77. The van der Waals surface area contributed by atoms with Crippen LogP contribution >= 0.6 is 34.3 Å². The number of fused-ring (bicyclic) bond motifs is 2. The van der Waals surface area contributed by atoms with Gasteiger partial charge in [-0.2, -0.15) is 0 Å². The summed E-state index contributed by atoms with van der Waals surface area (Å²) in [6.45, 7) is 1.98. The predicted molar refractivity (Wildman–Crippen MR) is 125 cm³/mol. The van der Waals surface area contributed by atoms with Crippen LogP contribution in [0.1, 0.15) is 15.2 Å². The highest BCUT2D eigenvalue weighted by atomic mass is 35.5. The summed E-state index contributed by atoms with van der Waals surface area (Å²) in [5.41, 5.74) is 3.71.